The number of likely N-dealkylation sites (tertiary alicyclic amines) is 1. The first-order chi connectivity index (χ1) is 14.6. The summed E-state index contributed by atoms with van der Waals surface area (Å²) < 4.78 is 18.9. The van der Waals surface area contributed by atoms with Crippen molar-refractivity contribution in [3.05, 3.63) is 71.5 Å². The van der Waals surface area contributed by atoms with E-state index in [1.807, 2.05) is 30.3 Å². The third-order valence-electron chi connectivity index (χ3n) is 5.97. The minimum atomic E-state index is -0.455. The van der Waals surface area contributed by atoms with E-state index < -0.39 is 11.8 Å². The predicted molar refractivity (Wildman–Crippen MR) is 111 cm³/mol. The van der Waals surface area contributed by atoms with Crippen molar-refractivity contribution < 1.29 is 18.7 Å². The number of hydrogen-bond donors (Lipinski definition) is 1. The van der Waals surface area contributed by atoms with Crippen molar-refractivity contribution in [1.29, 1.82) is 0 Å². The quantitative estimate of drug-likeness (QED) is 0.713. The zero-order chi connectivity index (χ0) is 20.9. The van der Waals surface area contributed by atoms with Gasteiger partial charge < -0.3 is 10.1 Å². The first-order valence-electron chi connectivity index (χ1n) is 10.6. The molecule has 0 bridgehead atoms. The fourth-order valence-electron chi connectivity index (χ4n) is 4.37. The van der Waals surface area contributed by atoms with Crippen molar-refractivity contribution >= 4 is 11.7 Å². The van der Waals surface area contributed by atoms with Gasteiger partial charge in [-0.05, 0) is 42.7 Å². The van der Waals surface area contributed by atoms with Crippen molar-refractivity contribution in [2.45, 2.75) is 25.5 Å². The second-order valence-corrected chi connectivity index (χ2v) is 8.14. The number of carbonyl (C=O) groups excluding carboxylic acids is 2. The first-order valence-corrected chi connectivity index (χ1v) is 10.6. The third-order valence-corrected chi connectivity index (χ3v) is 5.97. The van der Waals surface area contributed by atoms with Crippen LogP contribution in [0.5, 0.6) is 0 Å². The lowest BCUT2D eigenvalue weighted by Gasteiger charge is -2.18. The van der Waals surface area contributed by atoms with E-state index in [-0.39, 0.29) is 23.6 Å². The lowest BCUT2D eigenvalue weighted by Crippen LogP contribution is -2.40. The van der Waals surface area contributed by atoms with Gasteiger partial charge in [0.15, 0.2) is 5.78 Å². The Morgan fingerprint density at radius 1 is 1.03 bits per heavy atom. The molecule has 0 aromatic heterocycles. The number of ether oxygens (including phenoxy) is 1. The molecule has 4 rings (SSSR count). The Morgan fingerprint density at radius 3 is 2.47 bits per heavy atom. The maximum absolute atomic E-state index is 13.3. The molecular weight excluding hydrogens is 383 g/mol. The zero-order valence-electron chi connectivity index (χ0n) is 16.9. The maximum Gasteiger partial charge on any atom is 0.225 e. The minimum absolute atomic E-state index is 0.0574. The number of carbonyl (C=O) groups is 2. The molecule has 2 aromatic rings. The van der Waals surface area contributed by atoms with Crippen LogP contribution in [-0.2, 0) is 16.1 Å². The fourth-order valence-corrected chi connectivity index (χ4v) is 4.37. The Labute approximate surface area is 176 Å². The predicted octanol–water partition coefficient (Wildman–Crippen LogP) is 3.05. The van der Waals surface area contributed by atoms with E-state index in [9.17, 15) is 14.0 Å². The number of nitrogens with one attached hydrogen (secondary N) is 1. The standard InChI is InChI=1S/C24H27FN2O3/c25-19-10-8-18(9-11-19)23(28)21-15-27(14-17-5-2-1-3-6-17)16-22(21)24(29)26-13-20-7-4-12-30-20/h1-3,5-6,8-11,20-22H,4,7,12-16H2,(H,26,29)/t20-,21+,22+/m0/s1. The van der Waals surface area contributed by atoms with E-state index >= 15 is 0 Å². The molecule has 2 fully saturated rings. The van der Waals surface area contributed by atoms with Gasteiger partial charge in [0.2, 0.25) is 5.91 Å². The second kappa shape index (κ2) is 9.49. The molecule has 2 saturated heterocycles. The summed E-state index contributed by atoms with van der Waals surface area (Å²) in [5.41, 5.74) is 1.59. The first kappa shape index (κ1) is 20.7. The SMILES string of the molecule is O=C(NC[C@@H]1CCCO1)[C@@H]1CN(Cc2ccccc2)C[C@H]1C(=O)c1ccc(F)cc1. The minimum Gasteiger partial charge on any atom is -0.376 e. The molecule has 158 valence electrons. The van der Waals surface area contributed by atoms with Crippen molar-refractivity contribution in [3.63, 3.8) is 0 Å². The molecule has 3 atom stereocenters. The summed E-state index contributed by atoms with van der Waals surface area (Å²) in [6.45, 7) is 2.92. The number of ketones is 1. The van der Waals surface area contributed by atoms with Crippen molar-refractivity contribution in [2.24, 2.45) is 11.8 Å². The monoisotopic (exact) mass is 410 g/mol. The topological polar surface area (TPSA) is 58.6 Å². The highest BCUT2D eigenvalue weighted by atomic mass is 19.1. The number of Topliss-reactive ketones (excluding diaryl/α,β-unsaturated/α-hetero) is 1. The molecule has 2 aliphatic heterocycles. The van der Waals surface area contributed by atoms with Crippen molar-refractivity contribution in [2.75, 3.05) is 26.2 Å². The molecule has 0 saturated carbocycles. The van der Waals surface area contributed by atoms with Crippen molar-refractivity contribution in [3.8, 4) is 0 Å². The Balaban J connectivity index is 1.48. The largest absolute Gasteiger partial charge is 0.376 e. The van der Waals surface area contributed by atoms with Gasteiger partial charge >= 0.3 is 0 Å². The number of nitrogens with zero attached hydrogens (tertiary/aromatic N) is 1. The molecule has 5 nitrogen and oxygen atoms in total. The fraction of sp³-hybridized carbons (Fsp3) is 0.417. The Bertz CT molecular complexity index is 866. The van der Waals surface area contributed by atoms with Crippen LogP contribution in [0.3, 0.4) is 0 Å². The summed E-state index contributed by atoms with van der Waals surface area (Å²) in [6, 6.07) is 15.6. The van der Waals surface area contributed by atoms with Crippen LogP contribution in [0, 0.1) is 17.7 Å². The van der Waals surface area contributed by atoms with Crippen LogP contribution >= 0.6 is 0 Å². The summed E-state index contributed by atoms with van der Waals surface area (Å²) in [5, 5.41) is 2.99. The normalized spacial score (nSPS) is 24.1. The van der Waals surface area contributed by atoms with Crippen LogP contribution in [0.15, 0.2) is 54.6 Å². The highest BCUT2D eigenvalue weighted by Gasteiger charge is 2.42. The Kier molecular flexibility index (Phi) is 6.55. The molecule has 2 heterocycles. The number of benzene rings is 2. The molecule has 30 heavy (non-hydrogen) atoms. The van der Waals surface area contributed by atoms with Gasteiger partial charge in [0.25, 0.3) is 0 Å². The van der Waals surface area contributed by atoms with Crippen molar-refractivity contribution in [1.82, 2.24) is 10.2 Å². The van der Waals surface area contributed by atoms with E-state index in [4.69, 9.17) is 4.74 Å². The van der Waals surface area contributed by atoms with E-state index in [0.29, 0.717) is 31.7 Å². The van der Waals surface area contributed by atoms with Gasteiger partial charge in [0.05, 0.1) is 12.0 Å². The molecule has 0 radical (unpaired) electrons. The molecule has 1 N–H and O–H groups in total. The van der Waals surface area contributed by atoms with E-state index in [2.05, 4.69) is 10.2 Å². The number of amides is 1. The highest BCUT2D eigenvalue weighted by Crippen LogP contribution is 2.29. The average Bonchev–Trinajstić information content (AvgIpc) is 3.43. The van der Waals surface area contributed by atoms with Gasteiger partial charge in [0, 0.05) is 44.3 Å². The van der Waals surface area contributed by atoms with Crippen LogP contribution < -0.4 is 5.32 Å². The number of rotatable bonds is 7. The number of halogens is 1. The van der Waals surface area contributed by atoms with Gasteiger partial charge in [-0.2, -0.15) is 0 Å². The lowest BCUT2D eigenvalue weighted by atomic mass is 9.87. The zero-order valence-corrected chi connectivity index (χ0v) is 16.9. The summed E-state index contributed by atoms with van der Waals surface area (Å²) in [6.07, 6.45) is 2.02. The highest BCUT2D eigenvalue weighted by molar-refractivity contribution is 6.01. The van der Waals surface area contributed by atoms with Crippen LogP contribution in [0.4, 0.5) is 4.39 Å². The molecule has 0 unspecified atom stereocenters. The summed E-state index contributed by atoms with van der Waals surface area (Å²) in [7, 11) is 0. The van der Waals surface area contributed by atoms with Crippen LogP contribution in [0.2, 0.25) is 0 Å². The summed E-state index contributed by atoms with van der Waals surface area (Å²) in [5.74, 6) is -1.49. The smallest absolute Gasteiger partial charge is 0.225 e. The Hall–Kier alpha value is -2.57. The van der Waals surface area contributed by atoms with E-state index in [1.54, 1.807) is 0 Å². The molecule has 2 aliphatic rings. The van der Waals surface area contributed by atoms with Gasteiger partial charge in [-0.1, -0.05) is 30.3 Å². The molecular formula is C24H27FN2O3. The maximum atomic E-state index is 13.3. The van der Waals surface area contributed by atoms with Crippen LogP contribution in [-0.4, -0.2) is 48.9 Å². The second-order valence-electron chi connectivity index (χ2n) is 8.14. The summed E-state index contributed by atoms with van der Waals surface area (Å²) in [4.78, 5) is 28.3. The van der Waals surface area contributed by atoms with Gasteiger partial charge in [-0.25, -0.2) is 4.39 Å². The molecule has 6 heteroatoms. The van der Waals surface area contributed by atoms with E-state index in [0.717, 1.165) is 25.0 Å². The van der Waals surface area contributed by atoms with Crippen LogP contribution in [0.1, 0.15) is 28.8 Å². The Morgan fingerprint density at radius 2 is 1.77 bits per heavy atom. The van der Waals surface area contributed by atoms with Gasteiger partial charge in [-0.3, -0.25) is 14.5 Å². The summed E-state index contributed by atoms with van der Waals surface area (Å²) >= 11 is 0. The van der Waals surface area contributed by atoms with E-state index in [1.165, 1.54) is 24.3 Å². The lowest BCUT2D eigenvalue weighted by molar-refractivity contribution is -0.125. The molecule has 1 amide bonds. The molecule has 0 aliphatic carbocycles. The number of hydrogen-bond acceptors (Lipinski definition) is 4. The van der Waals surface area contributed by atoms with Gasteiger partial charge in [0.1, 0.15) is 5.82 Å². The van der Waals surface area contributed by atoms with Crippen LogP contribution in [0.25, 0.3) is 0 Å². The molecule has 2 aromatic carbocycles. The molecule has 0 spiro atoms. The third kappa shape index (κ3) is 4.94. The average molecular weight is 410 g/mol. The van der Waals surface area contributed by atoms with Gasteiger partial charge in [-0.15, -0.1) is 0 Å².